The molecule has 0 aliphatic heterocycles. The molecule has 0 aromatic rings. The first-order valence-electron chi connectivity index (χ1n) is 3.06. The van der Waals surface area contributed by atoms with E-state index in [-0.39, 0.29) is 0 Å². The molecule has 10 heavy (non-hydrogen) atoms. The lowest BCUT2D eigenvalue weighted by molar-refractivity contribution is 0.113. The van der Waals surface area contributed by atoms with E-state index in [1.807, 2.05) is 30.7 Å². The van der Waals surface area contributed by atoms with Crippen LogP contribution in [0.5, 0.6) is 0 Å². The van der Waals surface area contributed by atoms with Crippen LogP contribution in [0.4, 0.5) is 0 Å². The van der Waals surface area contributed by atoms with Crippen LogP contribution in [0.25, 0.3) is 0 Å². The van der Waals surface area contributed by atoms with Crippen molar-refractivity contribution >= 4 is 0 Å². The maximum absolute atomic E-state index is 5.26. The van der Waals surface area contributed by atoms with Crippen molar-refractivity contribution in [2.24, 2.45) is 0 Å². The van der Waals surface area contributed by atoms with Gasteiger partial charge in [0.1, 0.15) is 0 Å². The number of methoxy groups -OCH3 is 1. The molecule has 0 aromatic heterocycles. The van der Waals surface area contributed by atoms with Crippen LogP contribution >= 0.6 is 0 Å². The van der Waals surface area contributed by atoms with E-state index < -0.39 is 5.60 Å². The maximum Gasteiger partial charge on any atom is 0.153 e. The van der Waals surface area contributed by atoms with Gasteiger partial charge in [-0.05, 0) is 6.08 Å². The molecule has 1 radical (unpaired) electrons. The van der Waals surface area contributed by atoms with Gasteiger partial charge in [-0.15, -0.1) is 6.42 Å². The Bertz CT molecular complexity index is 207. The molecule has 0 N–H and O–H groups in total. The van der Waals surface area contributed by atoms with Crippen molar-refractivity contribution in [3.8, 4) is 12.3 Å². The minimum atomic E-state index is -0.602. The van der Waals surface area contributed by atoms with E-state index in [4.69, 9.17) is 11.2 Å². The fraction of sp³-hybridized carbons (Fsp3) is 0.222. The van der Waals surface area contributed by atoms with Crippen LogP contribution in [0.3, 0.4) is 0 Å². The third kappa shape index (κ3) is 1.12. The molecule has 0 aromatic carbocycles. The van der Waals surface area contributed by atoms with E-state index in [1.165, 1.54) is 0 Å². The maximum atomic E-state index is 5.26. The summed E-state index contributed by atoms with van der Waals surface area (Å²) in [5.74, 6) is 2.55. The van der Waals surface area contributed by atoms with E-state index in [0.29, 0.717) is 0 Å². The van der Waals surface area contributed by atoms with Crippen LogP contribution in [0.1, 0.15) is 0 Å². The number of hydrogen-bond acceptors (Lipinski definition) is 1. The molecule has 1 unspecified atom stereocenters. The van der Waals surface area contributed by atoms with Crippen LogP contribution < -0.4 is 0 Å². The van der Waals surface area contributed by atoms with Gasteiger partial charge in [0, 0.05) is 13.5 Å². The molecule has 0 bridgehead atoms. The number of ether oxygens (including phenoxy) is 1. The fourth-order valence-corrected chi connectivity index (χ4v) is 0.808. The minimum absolute atomic E-state index is 0.602. The lowest BCUT2D eigenvalue weighted by atomic mass is 9.96. The van der Waals surface area contributed by atoms with Crippen molar-refractivity contribution in [3.63, 3.8) is 0 Å². The zero-order chi connectivity index (χ0) is 7.45. The topological polar surface area (TPSA) is 9.23 Å². The molecular weight excluding hydrogens is 124 g/mol. The Labute approximate surface area is 61.4 Å². The minimum Gasteiger partial charge on any atom is -0.361 e. The summed E-state index contributed by atoms with van der Waals surface area (Å²) in [5, 5.41) is 0. The van der Waals surface area contributed by atoms with Crippen molar-refractivity contribution in [1.29, 1.82) is 0 Å². The van der Waals surface area contributed by atoms with Gasteiger partial charge in [0.15, 0.2) is 5.60 Å². The first-order chi connectivity index (χ1) is 4.83. The summed E-state index contributed by atoms with van der Waals surface area (Å²) in [6, 6.07) is 0. The van der Waals surface area contributed by atoms with E-state index in [2.05, 4.69) is 5.92 Å². The molecule has 0 saturated heterocycles. The summed E-state index contributed by atoms with van der Waals surface area (Å²) in [6.45, 7) is 0. The Hall–Kier alpha value is -1.00. The zero-order valence-electron chi connectivity index (χ0n) is 5.87. The van der Waals surface area contributed by atoms with E-state index in [9.17, 15) is 0 Å². The van der Waals surface area contributed by atoms with Crippen molar-refractivity contribution in [3.05, 3.63) is 30.7 Å². The molecule has 1 heteroatoms. The second-order valence-electron chi connectivity index (χ2n) is 2.05. The molecule has 0 spiro atoms. The zero-order valence-corrected chi connectivity index (χ0v) is 5.87. The van der Waals surface area contributed by atoms with Gasteiger partial charge in [-0.1, -0.05) is 24.1 Å². The van der Waals surface area contributed by atoms with Crippen molar-refractivity contribution in [2.45, 2.75) is 5.60 Å². The van der Waals surface area contributed by atoms with Gasteiger partial charge in [0.25, 0.3) is 0 Å². The van der Waals surface area contributed by atoms with Crippen molar-refractivity contribution < 1.29 is 4.74 Å². The number of terminal acetylenes is 1. The highest BCUT2D eigenvalue weighted by Crippen LogP contribution is 2.18. The standard InChI is InChI=1S/C9H9O/c1-3-9(10-2)7-5-4-6-8-9/h1,4-8H,2H3. The molecule has 1 aliphatic carbocycles. The Morgan fingerprint density at radius 1 is 1.40 bits per heavy atom. The van der Waals surface area contributed by atoms with Gasteiger partial charge in [0.2, 0.25) is 0 Å². The molecular formula is C9H9O. The van der Waals surface area contributed by atoms with Crippen molar-refractivity contribution in [1.82, 2.24) is 0 Å². The molecule has 1 nitrogen and oxygen atoms in total. The fourth-order valence-electron chi connectivity index (χ4n) is 0.808. The lowest BCUT2D eigenvalue weighted by Crippen LogP contribution is -2.27. The van der Waals surface area contributed by atoms with Crippen molar-refractivity contribution in [2.75, 3.05) is 7.11 Å². The number of rotatable bonds is 1. The number of allylic oxidation sites excluding steroid dienone is 2. The summed E-state index contributed by atoms with van der Waals surface area (Å²) in [6.07, 6.45) is 14.6. The van der Waals surface area contributed by atoms with Crippen LogP contribution in [0.15, 0.2) is 24.3 Å². The second kappa shape index (κ2) is 2.72. The molecule has 0 saturated carbocycles. The lowest BCUT2D eigenvalue weighted by Gasteiger charge is -2.22. The first-order valence-corrected chi connectivity index (χ1v) is 3.06. The van der Waals surface area contributed by atoms with Gasteiger partial charge in [0.05, 0.1) is 0 Å². The Kier molecular flexibility index (Phi) is 1.94. The molecule has 1 rings (SSSR count). The summed E-state index contributed by atoms with van der Waals surface area (Å²) in [4.78, 5) is 0. The normalized spacial score (nSPS) is 30.0. The Balaban J connectivity index is 2.79. The summed E-state index contributed by atoms with van der Waals surface area (Å²) < 4.78 is 5.10. The van der Waals surface area contributed by atoms with Gasteiger partial charge >= 0.3 is 0 Å². The summed E-state index contributed by atoms with van der Waals surface area (Å²) in [7, 11) is 1.60. The quantitative estimate of drug-likeness (QED) is 0.490. The summed E-state index contributed by atoms with van der Waals surface area (Å²) >= 11 is 0. The first kappa shape index (κ1) is 7.11. The molecule has 0 amide bonds. The van der Waals surface area contributed by atoms with Gasteiger partial charge in [-0.2, -0.15) is 0 Å². The highest BCUT2D eigenvalue weighted by Gasteiger charge is 2.22. The van der Waals surface area contributed by atoms with Crippen LogP contribution in [0, 0.1) is 18.8 Å². The largest absolute Gasteiger partial charge is 0.361 e. The SMILES string of the molecule is C#CC1(OC)[CH]C=CC=C1. The average Bonchev–Trinajstić information content (AvgIpc) is 2.06. The molecule has 51 valence electrons. The molecule has 0 fully saturated rings. The van der Waals surface area contributed by atoms with Crippen LogP contribution in [0.2, 0.25) is 0 Å². The molecule has 1 aliphatic rings. The highest BCUT2D eigenvalue weighted by atomic mass is 16.5. The summed E-state index contributed by atoms with van der Waals surface area (Å²) in [5.41, 5.74) is -0.602. The number of hydrogen-bond donors (Lipinski definition) is 0. The van der Waals surface area contributed by atoms with Gasteiger partial charge in [-0.3, -0.25) is 0 Å². The van der Waals surface area contributed by atoms with Gasteiger partial charge in [-0.25, -0.2) is 0 Å². The highest BCUT2D eigenvalue weighted by molar-refractivity contribution is 5.36. The van der Waals surface area contributed by atoms with Crippen LogP contribution in [-0.2, 0) is 4.74 Å². The molecule has 1 atom stereocenters. The predicted octanol–water partition coefficient (Wildman–Crippen LogP) is 1.34. The van der Waals surface area contributed by atoms with E-state index >= 15 is 0 Å². The average molecular weight is 133 g/mol. The third-order valence-electron chi connectivity index (χ3n) is 1.47. The van der Waals surface area contributed by atoms with Gasteiger partial charge < -0.3 is 4.74 Å². The smallest absolute Gasteiger partial charge is 0.153 e. The van der Waals surface area contributed by atoms with E-state index in [1.54, 1.807) is 7.11 Å². The predicted molar refractivity (Wildman–Crippen MR) is 41.2 cm³/mol. The second-order valence-corrected chi connectivity index (χ2v) is 2.05. The Morgan fingerprint density at radius 3 is 2.50 bits per heavy atom. The van der Waals surface area contributed by atoms with E-state index in [0.717, 1.165) is 0 Å². The molecule has 0 heterocycles. The Morgan fingerprint density at radius 2 is 2.20 bits per heavy atom. The monoisotopic (exact) mass is 133 g/mol. The van der Waals surface area contributed by atoms with Crippen LogP contribution in [-0.4, -0.2) is 12.7 Å². The third-order valence-corrected chi connectivity index (χ3v) is 1.47.